The van der Waals surface area contributed by atoms with Crippen LogP contribution in [0.15, 0.2) is 23.0 Å². The molecule has 0 saturated heterocycles. The predicted octanol–water partition coefficient (Wildman–Crippen LogP) is 2.49. The van der Waals surface area contributed by atoms with E-state index >= 15 is 0 Å². The first kappa shape index (κ1) is 14.1. The number of halogens is 3. The van der Waals surface area contributed by atoms with Crippen LogP contribution < -0.4 is 10.1 Å². The Morgan fingerprint density at radius 2 is 2.10 bits per heavy atom. The van der Waals surface area contributed by atoms with Gasteiger partial charge < -0.3 is 14.6 Å². The zero-order chi connectivity index (χ0) is 14.6. The van der Waals surface area contributed by atoms with Gasteiger partial charge in [0.15, 0.2) is 0 Å². The summed E-state index contributed by atoms with van der Waals surface area (Å²) in [4.78, 5) is 7.77. The van der Waals surface area contributed by atoms with Crippen molar-refractivity contribution in [1.29, 1.82) is 0 Å². The fourth-order valence-electron chi connectivity index (χ4n) is 1.37. The summed E-state index contributed by atoms with van der Waals surface area (Å²) in [5.74, 6) is -0.340. The number of anilines is 1. The highest BCUT2D eigenvalue weighted by atomic mass is 19.4. The third-order valence-corrected chi connectivity index (χ3v) is 2.22. The number of alkyl halides is 3. The molecule has 2 aromatic heterocycles. The molecule has 0 atom stereocenters. The van der Waals surface area contributed by atoms with Gasteiger partial charge in [0.1, 0.15) is 17.8 Å². The van der Waals surface area contributed by atoms with Gasteiger partial charge in [-0.25, -0.2) is 9.97 Å². The molecule has 0 aliphatic carbocycles. The minimum absolute atomic E-state index is 0.0438. The molecule has 0 fully saturated rings. The highest BCUT2D eigenvalue weighted by Gasteiger charge is 2.35. The zero-order valence-electron chi connectivity index (χ0n) is 10.4. The van der Waals surface area contributed by atoms with Crippen molar-refractivity contribution in [2.24, 2.45) is 0 Å². The molecule has 0 aromatic carbocycles. The summed E-state index contributed by atoms with van der Waals surface area (Å²) >= 11 is 0. The molecule has 1 N–H and O–H groups in total. The number of rotatable bonds is 5. The van der Waals surface area contributed by atoms with Crippen molar-refractivity contribution >= 4 is 5.82 Å². The lowest BCUT2D eigenvalue weighted by atomic mass is 10.3. The fraction of sp³-hybridized carbons (Fsp3) is 0.364. The minimum atomic E-state index is -4.54. The van der Waals surface area contributed by atoms with Crippen molar-refractivity contribution < 1.29 is 22.4 Å². The van der Waals surface area contributed by atoms with E-state index < -0.39 is 11.9 Å². The Bertz CT molecular complexity index is 571. The van der Waals surface area contributed by atoms with Crippen LogP contribution in [0.4, 0.5) is 19.0 Å². The van der Waals surface area contributed by atoms with Crippen LogP contribution in [-0.4, -0.2) is 21.7 Å². The van der Waals surface area contributed by atoms with Gasteiger partial charge in [0, 0.05) is 12.1 Å². The molecule has 0 bridgehead atoms. The van der Waals surface area contributed by atoms with Gasteiger partial charge in [-0.15, -0.1) is 0 Å². The smallest absolute Gasteiger partial charge is 0.452 e. The lowest BCUT2D eigenvalue weighted by molar-refractivity contribution is -0.155. The Balaban J connectivity index is 1.98. The average molecular weight is 288 g/mol. The van der Waals surface area contributed by atoms with Crippen LogP contribution in [0.25, 0.3) is 0 Å². The second kappa shape index (κ2) is 5.76. The van der Waals surface area contributed by atoms with Gasteiger partial charge in [-0.05, 0) is 6.92 Å². The van der Waals surface area contributed by atoms with Gasteiger partial charge >= 0.3 is 6.18 Å². The highest BCUT2D eigenvalue weighted by molar-refractivity contribution is 5.37. The van der Waals surface area contributed by atoms with Crippen molar-refractivity contribution in [3.05, 3.63) is 29.9 Å². The molecule has 2 rings (SSSR count). The van der Waals surface area contributed by atoms with Gasteiger partial charge in [-0.1, -0.05) is 5.16 Å². The van der Waals surface area contributed by atoms with Crippen molar-refractivity contribution in [3.63, 3.8) is 0 Å². The first-order valence-corrected chi connectivity index (χ1v) is 5.70. The van der Waals surface area contributed by atoms with E-state index in [9.17, 15) is 13.2 Å². The molecule has 9 heteroatoms. The monoisotopic (exact) mass is 288 g/mol. The summed E-state index contributed by atoms with van der Waals surface area (Å²) in [5, 5.41) is 6.13. The molecule has 0 aliphatic heterocycles. The van der Waals surface area contributed by atoms with Crippen LogP contribution in [-0.2, 0) is 12.7 Å². The van der Waals surface area contributed by atoms with E-state index in [0.717, 1.165) is 6.07 Å². The molecular weight excluding hydrogens is 277 g/mol. The molecule has 0 radical (unpaired) electrons. The van der Waals surface area contributed by atoms with Crippen LogP contribution in [0, 0.1) is 0 Å². The second-order valence-electron chi connectivity index (χ2n) is 3.71. The number of ether oxygens (including phenoxy) is 1. The van der Waals surface area contributed by atoms with E-state index in [1.165, 1.54) is 12.4 Å². The fourth-order valence-corrected chi connectivity index (χ4v) is 1.37. The van der Waals surface area contributed by atoms with E-state index in [-0.39, 0.29) is 12.2 Å². The Morgan fingerprint density at radius 3 is 2.75 bits per heavy atom. The summed E-state index contributed by atoms with van der Waals surface area (Å²) < 4.78 is 46.3. The van der Waals surface area contributed by atoms with E-state index in [1.54, 1.807) is 0 Å². The van der Waals surface area contributed by atoms with Crippen molar-refractivity contribution in [2.45, 2.75) is 19.6 Å². The maximum Gasteiger partial charge on any atom is 0.452 e. The Kier molecular flexibility index (Phi) is 4.06. The van der Waals surface area contributed by atoms with Crippen LogP contribution in [0.5, 0.6) is 5.88 Å². The number of hydrogen-bond acceptors (Lipinski definition) is 6. The molecule has 0 saturated carbocycles. The molecule has 0 unspecified atom stereocenters. The van der Waals surface area contributed by atoms with Crippen LogP contribution in [0.3, 0.4) is 0 Å². The van der Waals surface area contributed by atoms with Crippen LogP contribution >= 0.6 is 0 Å². The van der Waals surface area contributed by atoms with Crippen molar-refractivity contribution in [2.75, 3.05) is 11.9 Å². The molecule has 6 nitrogen and oxygen atoms in total. The molecule has 0 amide bonds. The van der Waals surface area contributed by atoms with Gasteiger partial charge in [-0.2, -0.15) is 13.2 Å². The third-order valence-electron chi connectivity index (χ3n) is 2.22. The van der Waals surface area contributed by atoms with Gasteiger partial charge in [0.25, 0.3) is 0 Å². The molecule has 0 spiro atoms. The normalized spacial score (nSPS) is 11.4. The average Bonchev–Trinajstić information content (AvgIpc) is 2.86. The summed E-state index contributed by atoms with van der Waals surface area (Å²) in [6.07, 6.45) is -3.25. The Morgan fingerprint density at radius 1 is 1.30 bits per heavy atom. The van der Waals surface area contributed by atoms with Crippen molar-refractivity contribution in [1.82, 2.24) is 15.1 Å². The molecule has 0 aliphatic rings. The molecule has 20 heavy (non-hydrogen) atoms. The topological polar surface area (TPSA) is 73.1 Å². The van der Waals surface area contributed by atoms with E-state index in [0.29, 0.717) is 18.3 Å². The van der Waals surface area contributed by atoms with Crippen LogP contribution in [0.2, 0.25) is 0 Å². The molecule has 2 aromatic rings. The SMILES string of the molecule is CCOc1cc(NCc2cc(C(F)(F)F)on2)ncn1. The second-order valence-corrected chi connectivity index (χ2v) is 3.71. The molecule has 108 valence electrons. The number of hydrogen-bond donors (Lipinski definition) is 1. The minimum Gasteiger partial charge on any atom is -0.478 e. The maximum absolute atomic E-state index is 12.3. The van der Waals surface area contributed by atoms with E-state index in [4.69, 9.17) is 4.74 Å². The molecule has 2 heterocycles. The highest BCUT2D eigenvalue weighted by Crippen LogP contribution is 2.29. The summed E-state index contributed by atoms with van der Waals surface area (Å²) in [6, 6.07) is 2.37. The lowest BCUT2D eigenvalue weighted by Crippen LogP contribution is -2.04. The summed E-state index contributed by atoms with van der Waals surface area (Å²) in [5.41, 5.74) is 0.119. The Labute approximate surface area is 112 Å². The van der Waals surface area contributed by atoms with E-state index in [1.807, 2.05) is 6.92 Å². The van der Waals surface area contributed by atoms with Gasteiger partial charge in [-0.3, -0.25) is 0 Å². The van der Waals surface area contributed by atoms with Crippen molar-refractivity contribution in [3.8, 4) is 5.88 Å². The lowest BCUT2D eigenvalue weighted by Gasteiger charge is -2.05. The first-order chi connectivity index (χ1) is 9.49. The quantitative estimate of drug-likeness (QED) is 0.911. The number of aromatic nitrogens is 3. The van der Waals surface area contributed by atoms with E-state index in [2.05, 4.69) is 25.0 Å². The number of nitrogens with one attached hydrogen (secondary N) is 1. The van der Waals surface area contributed by atoms with Crippen LogP contribution in [0.1, 0.15) is 18.4 Å². The largest absolute Gasteiger partial charge is 0.478 e. The van der Waals surface area contributed by atoms with Gasteiger partial charge in [0.05, 0.1) is 13.2 Å². The standard InChI is InChI=1S/C11H11F3N4O2/c1-2-19-10-4-9(16-6-17-10)15-5-7-3-8(20-18-7)11(12,13)14/h3-4,6H,2,5H2,1H3,(H,15,16,17). The summed E-state index contributed by atoms with van der Waals surface area (Å²) in [6.45, 7) is 2.31. The first-order valence-electron chi connectivity index (χ1n) is 5.70. The zero-order valence-corrected chi connectivity index (χ0v) is 10.4. The Hall–Kier alpha value is -2.32. The predicted molar refractivity (Wildman–Crippen MR) is 62.0 cm³/mol. The molecular formula is C11H11F3N4O2. The maximum atomic E-state index is 12.3. The third kappa shape index (κ3) is 3.59. The summed E-state index contributed by atoms with van der Waals surface area (Å²) in [7, 11) is 0. The number of nitrogens with zero attached hydrogens (tertiary/aromatic N) is 3. The van der Waals surface area contributed by atoms with Gasteiger partial charge in [0.2, 0.25) is 11.6 Å².